The number of hydrogen-bond donors (Lipinski definition) is 1. The van der Waals surface area contributed by atoms with Gasteiger partial charge in [0.25, 0.3) is 5.91 Å². The number of esters is 1. The van der Waals surface area contributed by atoms with Crippen LogP contribution in [0.1, 0.15) is 22.8 Å². The summed E-state index contributed by atoms with van der Waals surface area (Å²) in [7, 11) is 0. The van der Waals surface area contributed by atoms with E-state index >= 15 is 0 Å². The van der Waals surface area contributed by atoms with Gasteiger partial charge in [-0.1, -0.05) is 29.8 Å². The molecule has 0 aliphatic rings. The minimum atomic E-state index is -1.17. The number of nitrogens with one attached hydrogen (secondary N) is 1. The van der Waals surface area contributed by atoms with Crippen LogP contribution in [0.15, 0.2) is 42.5 Å². The van der Waals surface area contributed by atoms with Gasteiger partial charge in [-0.05, 0) is 36.8 Å². The standard InChI is InChI=1S/C17H14ClF2NO3/c1-10(16(22)21-9-12-4-2-3-5-13(12)18)24-17(23)11-6-7-14(19)15(20)8-11/h2-8,10H,9H2,1H3,(H,21,22). The lowest BCUT2D eigenvalue weighted by molar-refractivity contribution is -0.129. The van der Waals surface area contributed by atoms with Crippen LogP contribution in [0.3, 0.4) is 0 Å². The molecule has 0 heterocycles. The molecular weight excluding hydrogens is 340 g/mol. The molecule has 0 aliphatic carbocycles. The molecule has 126 valence electrons. The van der Waals surface area contributed by atoms with Crippen molar-refractivity contribution >= 4 is 23.5 Å². The van der Waals surface area contributed by atoms with Gasteiger partial charge in [0.15, 0.2) is 17.7 Å². The van der Waals surface area contributed by atoms with Crippen molar-refractivity contribution in [2.75, 3.05) is 0 Å². The van der Waals surface area contributed by atoms with E-state index in [9.17, 15) is 18.4 Å². The molecule has 0 radical (unpaired) electrons. The lowest BCUT2D eigenvalue weighted by atomic mass is 10.2. The van der Waals surface area contributed by atoms with Gasteiger partial charge in [0, 0.05) is 11.6 Å². The average Bonchev–Trinajstić information content (AvgIpc) is 2.56. The van der Waals surface area contributed by atoms with Gasteiger partial charge in [-0.15, -0.1) is 0 Å². The molecule has 0 bridgehead atoms. The van der Waals surface area contributed by atoms with Gasteiger partial charge in [-0.25, -0.2) is 13.6 Å². The third-order valence-corrected chi connectivity index (χ3v) is 3.59. The largest absolute Gasteiger partial charge is 0.449 e. The van der Waals surface area contributed by atoms with Gasteiger partial charge in [-0.2, -0.15) is 0 Å². The number of benzene rings is 2. The summed E-state index contributed by atoms with van der Waals surface area (Å²) in [6, 6.07) is 9.59. The number of ether oxygens (including phenoxy) is 1. The van der Waals surface area contributed by atoms with E-state index in [4.69, 9.17) is 16.3 Å². The summed E-state index contributed by atoms with van der Waals surface area (Å²) < 4.78 is 30.9. The molecular formula is C17H14ClF2NO3. The molecule has 2 rings (SSSR count). The summed E-state index contributed by atoms with van der Waals surface area (Å²) in [5.74, 6) is -3.70. The van der Waals surface area contributed by atoms with Crippen molar-refractivity contribution in [3.8, 4) is 0 Å². The zero-order chi connectivity index (χ0) is 17.7. The van der Waals surface area contributed by atoms with Crippen molar-refractivity contribution < 1.29 is 23.1 Å². The second-order valence-electron chi connectivity index (χ2n) is 4.99. The fraction of sp³-hybridized carbons (Fsp3) is 0.176. The lowest BCUT2D eigenvalue weighted by Gasteiger charge is -2.14. The van der Waals surface area contributed by atoms with Crippen LogP contribution in [0.4, 0.5) is 8.78 Å². The Balaban J connectivity index is 1.92. The summed E-state index contributed by atoms with van der Waals surface area (Å²) >= 11 is 5.98. The van der Waals surface area contributed by atoms with Crippen molar-refractivity contribution in [2.24, 2.45) is 0 Å². The summed E-state index contributed by atoms with van der Waals surface area (Å²) in [6.45, 7) is 1.55. The molecule has 0 saturated carbocycles. The van der Waals surface area contributed by atoms with Crippen LogP contribution in [0.2, 0.25) is 5.02 Å². The molecule has 0 fully saturated rings. The van der Waals surface area contributed by atoms with Crippen LogP contribution >= 0.6 is 11.6 Å². The Hall–Kier alpha value is -2.47. The zero-order valence-electron chi connectivity index (χ0n) is 12.7. The van der Waals surface area contributed by atoms with Gasteiger partial charge in [0.1, 0.15) is 0 Å². The highest BCUT2D eigenvalue weighted by atomic mass is 35.5. The van der Waals surface area contributed by atoms with Crippen LogP contribution in [-0.2, 0) is 16.1 Å². The number of rotatable bonds is 5. The highest BCUT2D eigenvalue weighted by Crippen LogP contribution is 2.14. The third-order valence-electron chi connectivity index (χ3n) is 3.22. The highest BCUT2D eigenvalue weighted by Gasteiger charge is 2.19. The Labute approximate surface area is 142 Å². The lowest BCUT2D eigenvalue weighted by Crippen LogP contribution is -2.35. The Bertz CT molecular complexity index is 767. The minimum absolute atomic E-state index is 0.172. The highest BCUT2D eigenvalue weighted by molar-refractivity contribution is 6.31. The van der Waals surface area contributed by atoms with Crippen molar-refractivity contribution in [1.82, 2.24) is 5.32 Å². The van der Waals surface area contributed by atoms with Gasteiger partial charge >= 0.3 is 5.97 Å². The molecule has 7 heteroatoms. The Morgan fingerprint density at radius 1 is 1.17 bits per heavy atom. The van der Waals surface area contributed by atoms with Gasteiger partial charge in [0.05, 0.1) is 5.56 Å². The molecule has 0 aliphatic heterocycles. The average molecular weight is 354 g/mol. The SMILES string of the molecule is CC(OC(=O)c1ccc(F)c(F)c1)C(=O)NCc1ccccc1Cl. The second-order valence-corrected chi connectivity index (χ2v) is 5.39. The molecule has 4 nitrogen and oxygen atoms in total. The Morgan fingerprint density at radius 2 is 1.88 bits per heavy atom. The molecule has 1 unspecified atom stereocenters. The molecule has 2 aromatic carbocycles. The van der Waals surface area contributed by atoms with E-state index in [0.717, 1.165) is 12.1 Å². The Morgan fingerprint density at radius 3 is 2.54 bits per heavy atom. The second kappa shape index (κ2) is 7.88. The molecule has 1 atom stereocenters. The molecule has 24 heavy (non-hydrogen) atoms. The first-order chi connectivity index (χ1) is 11.4. The monoisotopic (exact) mass is 353 g/mol. The smallest absolute Gasteiger partial charge is 0.339 e. The molecule has 2 aromatic rings. The normalized spacial score (nSPS) is 11.7. The molecule has 0 saturated heterocycles. The maximum absolute atomic E-state index is 13.1. The van der Waals surface area contributed by atoms with Crippen LogP contribution in [0.5, 0.6) is 0 Å². The number of amides is 1. The third kappa shape index (κ3) is 4.52. The van der Waals surface area contributed by atoms with E-state index in [2.05, 4.69) is 5.32 Å². The van der Waals surface area contributed by atoms with Crippen molar-refractivity contribution in [2.45, 2.75) is 19.6 Å². The van der Waals surface area contributed by atoms with E-state index in [0.29, 0.717) is 16.7 Å². The topological polar surface area (TPSA) is 55.4 Å². The van der Waals surface area contributed by atoms with Crippen molar-refractivity contribution in [3.63, 3.8) is 0 Å². The predicted molar refractivity (Wildman–Crippen MR) is 84.5 cm³/mol. The summed E-state index contributed by atoms with van der Waals surface area (Å²) in [4.78, 5) is 23.8. The summed E-state index contributed by atoms with van der Waals surface area (Å²) in [5.41, 5.74) is 0.534. The summed E-state index contributed by atoms with van der Waals surface area (Å²) in [5, 5.41) is 3.09. The van der Waals surface area contributed by atoms with E-state index in [1.807, 2.05) is 0 Å². The zero-order valence-corrected chi connectivity index (χ0v) is 13.4. The van der Waals surface area contributed by atoms with E-state index in [-0.39, 0.29) is 12.1 Å². The fourth-order valence-electron chi connectivity index (χ4n) is 1.87. The van der Waals surface area contributed by atoms with E-state index < -0.39 is 29.6 Å². The van der Waals surface area contributed by atoms with Gasteiger partial charge in [0.2, 0.25) is 0 Å². The van der Waals surface area contributed by atoms with Gasteiger partial charge in [-0.3, -0.25) is 4.79 Å². The minimum Gasteiger partial charge on any atom is -0.449 e. The maximum Gasteiger partial charge on any atom is 0.339 e. The van der Waals surface area contributed by atoms with Crippen LogP contribution < -0.4 is 5.32 Å². The first-order valence-corrected chi connectivity index (χ1v) is 7.43. The number of carbonyl (C=O) groups excluding carboxylic acids is 2. The predicted octanol–water partition coefficient (Wildman–Crippen LogP) is 3.48. The van der Waals surface area contributed by atoms with Crippen LogP contribution in [0.25, 0.3) is 0 Å². The quantitative estimate of drug-likeness (QED) is 0.837. The maximum atomic E-state index is 13.1. The molecule has 0 aromatic heterocycles. The summed E-state index contributed by atoms with van der Waals surface area (Å²) in [6.07, 6.45) is -1.10. The number of carbonyl (C=O) groups is 2. The van der Waals surface area contributed by atoms with Gasteiger partial charge < -0.3 is 10.1 Å². The van der Waals surface area contributed by atoms with Crippen molar-refractivity contribution in [1.29, 1.82) is 0 Å². The Kier molecular flexibility index (Phi) is 5.87. The number of hydrogen-bond acceptors (Lipinski definition) is 3. The molecule has 0 spiro atoms. The van der Waals surface area contributed by atoms with E-state index in [1.165, 1.54) is 6.92 Å². The van der Waals surface area contributed by atoms with Crippen LogP contribution in [-0.4, -0.2) is 18.0 Å². The fourth-order valence-corrected chi connectivity index (χ4v) is 2.08. The molecule has 1 N–H and O–H groups in total. The van der Waals surface area contributed by atoms with Crippen molar-refractivity contribution in [3.05, 3.63) is 70.2 Å². The first kappa shape index (κ1) is 17.9. The first-order valence-electron chi connectivity index (χ1n) is 7.05. The van der Waals surface area contributed by atoms with Crippen LogP contribution in [0, 0.1) is 11.6 Å². The molecule has 1 amide bonds. The van der Waals surface area contributed by atoms with E-state index in [1.54, 1.807) is 24.3 Å². The number of halogens is 3.